The number of likely N-dealkylation sites (tertiary alicyclic amines) is 1. The highest BCUT2D eigenvalue weighted by molar-refractivity contribution is 7.08. The molecule has 0 aromatic carbocycles. The molecule has 110 valence electrons. The van der Waals surface area contributed by atoms with Gasteiger partial charge in [-0.2, -0.15) is 11.3 Å². The molecule has 1 saturated carbocycles. The Kier molecular flexibility index (Phi) is 4.10. The number of piperidine rings is 1. The fourth-order valence-electron chi connectivity index (χ4n) is 3.35. The van der Waals surface area contributed by atoms with Gasteiger partial charge in [0.25, 0.3) is 5.91 Å². The Bertz CT molecular complexity index is 460. The molecular weight excluding hydrogens is 272 g/mol. The Hall–Kier alpha value is -0.910. The molecule has 3 rings (SSSR count). The highest BCUT2D eigenvalue weighted by Gasteiger charge is 2.49. The van der Waals surface area contributed by atoms with E-state index >= 15 is 0 Å². The van der Waals surface area contributed by atoms with E-state index in [2.05, 4.69) is 19.0 Å². The Morgan fingerprint density at radius 1 is 1.50 bits per heavy atom. The number of carbonyl (C=O) groups excluding carboxylic acids is 1. The summed E-state index contributed by atoms with van der Waals surface area (Å²) in [6.07, 6.45) is 2.54. The summed E-state index contributed by atoms with van der Waals surface area (Å²) in [4.78, 5) is 16.7. The summed E-state index contributed by atoms with van der Waals surface area (Å²) >= 11 is 1.58. The first-order valence-electron chi connectivity index (χ1n) is 7.26. The molecule has 2 bridgehead atoms. The number of likely N-dealkylation sites (N-methyl/N-ethyl adjacent to an activating group) is 1. The lowest BCUT2D eigenvalue weighted by Gasteiger charge is -2.27. The van der Waals surface area contributed by atoms with Crippen LogP contribution in [0.5, 0.6) is 0 Å². The van der Waals surface area contributed by atoms with E-state index in [1.165, 1.54) is 6.42 Å². The number of hydrogen-bond acceptors (Lipinski definition) is 4. The van der Waals surface area contributed by atoms with Gasteiger partial charge >= 0.3 is 0 Å². The summed E-state index contributed by atoms with van der Waals surface area (Å²) in [5.74, 6) is 0.712. The molecule has 0 unspecified atom stereocenters. The number of carbonyl (C=O) groups is 1. The standard InChI is InChI=1S/C15H22N2O2S/c1-16(2)6-7-19-14-11-3-4-13(14)17(9-11)15(18)12-5-8-20-10-12/h5,8,10-11,13-14H,3-4,6-7,9H2,1-2H3/t11-,13+,14+/m0/s1. The predicted molar refractivity (Wildman–Crippen MR) is 80.2 cm³/mol. The number of hydrogen-bond donors (Lipinski definition) is 0. The van der Waals surface area contributed by atoms with Crippen LogP contribution < -0.4 is 0 Å². The number of amides is 1. The molecule has 1 aromatic heterocycles. The second-order valence-corrected chi connectivity index (χ2v) is 6.79. The average Bonchev–Trinajstić information content (AvgIpc) is 3.13. The van der Waals surface area contributed by atoms with Crippen molar-refractivity contribution in [1.29, 1.82) is 0 Å². The van der Waals surface area contributed by atoms with Crippen molar-refractivity contribution in [3.05, 3.63) is 22.4 Å². The van der Waals surface area contributed by atoms with E-state index in [9.17, 15) is 4.79 Å². The van der Waals surface area contributed by atoms with Crippen molar-refractivity contribution in [2.24, 2.45) is 5.92 Å². The van der Waals surface area contributed by atoms with Crippen molar-refractivity contribution in [3.63, 3.8) is 0 Å². The number of thiophene rings is 1. The van der Waals surface area contributed by atoms with Gasteiger partial charge in [0.05, 0.1) is 24.3 Å². The van der Waals surface area contributed by atoms with Gasteiger partial charge in [0, 0.05) is 24.4 Å². The Labute approximate surface area is 124 Å². The smallest absolute Gasteiger partial charge is 0.255 e. The van der Waals surface area contributed by atoms with Crippen LogP contribution in [-0.4, -0.2) is 61.6 Å². The van der Waals surface area contributed by atoms with Crippen molar-refractivity contribution in [1.82, 2.24) is 9.80 Å². The SMILES string of the molecule is CN(C)CCO[C@@H]1[C@H]2CC[C@H]1N(C(=O)c1ccsc1)C2. The van der Waals surface area contributed by atoms with Crippen LogP contribution in [0.2, 0.25) is 0 Å². The van der Waals surface area contributed by atoms with Gasteiger partial charge in [-0.3, -0.25) is 4.79 Å². The molecule has 20 heavy (non-hydrogen) atoms. The van der Waals surface area contributed by atoms with Gasteiger partial charge in [0.15, 0.2) is 0 Å². The summed E-state index contributed by atoms with van der Waals surface area (Å²) in [5.41, 5.74) is 0.828. The van der Waals surface area contributed by atoms with Crippen LogP contribution in [0.1, 0.15) is 23.2 Å². The third-order valence-electron chi connectivity index (χ3n) is 4.39. The van der Waals surface area contributed by atoms with Crippen LogP contribution in [-0.2, 0) is 4.74 Å². The third kappa shape index (κ3) is 2.62. The number of rotatable bonds is 5. The maximum Gasteiger partial charge on any atom is 0.255 e. The quantitative estimate of drug-likeness (QED) is 0.832. The molecule has 4 nitrogen and oxygen atoms in total. The van der Waals surface area contributed by atoms with E-state index in [4.69, 9.17) is 4.74 Å². The predicted octanol–water partition coefficient (Wildman–Crippen LogP) is 1.93. The molecule has 2 heterocycles. The first kappa shape index (κ1) is 14.0. The second-order valence-electron chi connectivity index (χ2n) is 6.01. The van der Waals surface area contributed by atoms with Gasteiger partial charge < -0.3 is 14.5 Å². The number of fused-ring (bicyclic) bond motifs is 2. The lowest BCUT2D eigenvalue weighted by Crippen LogP contribution is -2.40. The van der Waals surface area contributed by atoms with Crippen molar-refractivity contribution in [2.75, 3.05) is 33.8 Å². The van der Waals surface area contributed by atoms with E-state index < -0.39 is 0 Å². The highest BCUT2D eigenvalue weighted by atomic mass is 32.1. The molecule has 2 aliphatic rings. The van der Waals surface area contributed by atoms with Crippen molar-refractivity contribution >= 4 is 17.2 Å². The first-order chi connectivity index (χ1) is 9.66. The topological polar surface area (TPSA) is 32.8 Å². The van der Waals surface area contributed by atoms with Gasteiger partial charge in [-0.05, 0) is 38.4 Å². The molecule has 3 atom stereocenters. The van der Waals surface area contributed by atoms with Crippen LogP contribution in [0.3, 0.4) is 0 Å². The van der Waals surface area contributed by atoms with Gasteiger partial charge in [-0.1, -0.05) is 0 Å². The van der Waals surface area contributed by atoms with E-state index in [1.54, 1.807) is 11.3 Å². The summed E-state index contributed by atoms with van der Waals surface area (Å²) < 4.78 is 6.07. The summed E-state index contributed by atoms with van der Waals surface area (Å²) in [6, 6.07) is 2.20. The zero-order valence-electron chi connectivity index (χ0n) is 12.1. The molecule has 0 spiro atoms. The average molecular weight is 294 g/mol. The van der Waals surface area contributed by atoms with Gasteiger partial charge in [0.2, 0.25) is 0 Å². The molecule has 1 aliphatic heterocycles. The maximum absolute atomic E-state index is 12.5. The zero-order chi connectivity index (χ0) is 14.1. The van der Waals surface area contributed by atoms with Crippen LogP contribution in [0.15, 0.2) is 16.8 Å². The second kappa shape index (κ2) is 5.84. The summed E-state index contributed by atoms with van der Waals surface area (Å²) in [5, 5.41) is 3.91. The van der Waals surface area contributed by atoms with Gasteiger partial charge in [-0.15, -0.1) is 0 Å². The fraction of sp³-hybridized carbons (Fsp3) is 0.667. The molecule has 5 heteroatoms. The molecule has 1 amide bonds. The van der Waals surface area contributed by atoms with E-state index in [0.29, 0.717) is 5.92 Å². The van der Waals surface area contributed by atoms with Gasteiger partial charge in [-0.25, -0.2) is 0 Å². The Morgan fingerprint density at radius 3 is 3.05 bits per heavy atom. The molecule has 1 aromatic rings. The normalized spacial score (nSPS) is 28.6. The Morgan fingerprint density at radius 2 is 2.35 bits per heavy atom. The third-order valence-corrected chi connectivity index (χ3v) is 5.07. The summed E-state index contributed by atoms with van der Waals surface area (Å²) in [6.45, 7) is 2.56. The van der Waals surface area contributed by atoms with Crippen LogP contribution in [0, 0.1) is 5.92 Å². The van der Waals surface area contributed by atoms with Crippen molar-refractivity contribution < 1.29 is 9.53 Å². The molecule has 0 N–H and O–H groups in total. The van der Waals surface area contributed by atoms with Crippen LogP contribution in [0.4, 0.5) is 0 Å². The van der Waals surface area contributed by atoms with Crippen molar-refractivity contribution in [3.8, 4) is 0 Å². The van der Waals surface area contributed by atoms with Crippen LogP contribution >= 0.6 is 11.3 Å². The van der Waals surface area contributed by atoms with E-state index in [1.807, 2.05) is 21.7 Å². The Balaban J connectivity index is 1.62. The first-order valence-corrected chi connectivity index (χ1v) is 8.20. The largest absolute Gasteiger partial charge is 0.374 e. The minimum atomic E-state index is 0.180. The highest BCUT2D eigenvalue weighted by Crippen LogP contribution is 2.40. The van der Waals surface area contributed by atoms with E-state index in [0.717, 1.165) is 31.7 Å². The number of nitrogens with zero attached hydrogens (tertiary/aromatic N) is 2. The lowest BCUT2D eigenvalue weighted by molar-refractivity contribution is 0.0201. The van der Waals surface area contributed by atoms with E-state index in [-0.39, 0.29) is 18.1 Å². The van der Waals surface area contributed by atoms with Gasteiger partial charge in [0.1, 0.15) is 0 Å². The molecule has 2 fully saturated rings. The van der Waals surface area contributed by atoms with Crippen LogP contribution in [0.25, 0.3) is 0 Å². The molecule has 1 aliphatic carbocycles. The van der Waals surface area contributed by atoms with Crippen molar-refractivity contribution in [2.45, 2.75) is 25.0 Å². The molecule has 0 radical (unpaired) electrons. The molecule has 1 saturated heterocycles. The molecular formula is C15H22N2O2S. The minimum Gasteiger partial charge on any atom is -0.374 e. The fourth-order valence-corrected chi connectivity index (χ4v) is 3.98. The lowest BCUT2D eigenvalue weighted by atomic mass is 10.1. The maximum atomic E-state index is 12.5. The number of ether oxygens (including phenoxy) is 1. The minimum absolute atomic E-state index is 0.180. The monoisotopic (exact) mass is 294 g/mol. The summed E-state index contributed by atoms with van der Waals surface area (Å²) in [7, 11) is 4.11. The zero-order valence-corrected chi connectivity index (χ0v) is 12.9.